The van der Waals surface area contributed by atoms with Crippen LogP contribution in [0.5, 0.6) is 0 Å². The molecule has 18 heavy (non-hydrogen) atoms. The Morgan fingerprint density at radius 2 is 1.83 bits per heavy atom. The number of rotatable bonds is 9. The van der Waals surface area contributed by atoms with Crippen LogP contribution in [-0.2, 0) is 0 Å². The van der Waals surface area contributed by atoms with Gasteiger partial charge in [0.1, 0.15) is 0 Å². The van der Waals surface area contributed by atoms with Crippen molar-refractivity contribution in [3.05, 3.63) is 0 Å². The molecule has 0 spiro atoms. The van der Waals surface area contributed by atoms with Crippen molar-refractivity contribution in [3.8, 4) is 0 Å². The zero-order valence-electron chi connectivity index (χ0n) is 12.9. The van der Waals surface area contributed by atoms with Gasteiger partial charge >= 0.3 is 0 Å². The Balaban J connectivity index is 2.29. The van der Waals surface area contributed by atoms with Gasteiger partial charge in [-0.1, -0.05) is 39.5 Å². The third-order valence-electron chi connectivity index (χ3n) is 4.32. The van der Waals surface area contributed by atoms with Gasteiger partial charge in [-0.3, -0.25) is 0 Å². The second-order valence-corrected chi connectivity index (χ2v) is 6.09. The van der Waals surface area contributed by atoms with Gasteiger partial charge in [0, 0.05) is 19.1 Å². The van der Waals surface area contributed by atoms with E-state index in [0.29, 0.717) is 0 Å². The summed E-state index contributed by atoms with van der Waals surface area (Å²) in [7, 11) is 2.34. The summed E-state index contributed by atoms with van der Waals surface area (Å²) in [5.41, 5.74) is 0. The predicted molar refractivity (Wildman–Crippen MR) is 81.1 cm³/mol. The largest absolute Gasteiger partial charge is 0.315 e. The molecule has 0 amide bonds. The first kappa shape index (κ1) is 16.0. The van der Waals surface area contributed by atoms with Crippen LogP contribution in [0.3, 0.4) is 0 Å². The Kier molecular flexibility index (Phi) is 8.70. The highest BCUT2D eigenvalue weighted by Crippen LogP contribution is 2.24. The topological polar surface area (TPSA) is 15.3 Å². The molecule has 0 saturated heterocycles. The van der Waals surface area contributed by atoms with E-state index in [-0.39, 0.29) is 0 Å². The van der Waals surface area contributed by atoms with E-state index in [0.717, 1.165) is 18.5 Å². The van der Waals surface area contributed by atoms with Gasteiger partial charge in [0.25, 0.3) is 0 Å². The fraction of sp³-hybridized carbons (Fsp3) is 1.00. The van der Waals surface area contributed by atoms with E-state index in [9.17, 15) is 0 Å². The zero-order valence-corrected chi connectivity index (χ0v) is 12.9. The van der Waals surface area contributed by atoms with Gasteiger partial charge in [-0.25, -0.2) is 0 Å². The van der Waals surface area contributed by atoms with E-state index in [1.165, 1.54) is 64.5 Å². The average molecular weight is 254 g/mol. The first-order chi connectivity index (χ1) is 8.77. The van der Waals surface area contributed by atoms with Crippen LogP contribution in [0.25, 0.3) is 0 Å². The molecule has 2 heteroatoms. The quantitative estimate of drug-likeness (QED) is 0.632. The standard InChI is InChI=1S/C16H34N2/c1-4-9-16(13-17-12-5-2)18(3)14-15-10-7-6-8-11-15/h15-17H,4-14H2,1-3H3. The Morgan fingerprint density at radius 3 is 2.44 bits per heavy atom. The summed E-state index contributed by atoms with van der Waals surface area (Å²) in [6, 6.07) is 0.739. The third kappa shape index (κ3) is 6.19. The molecule has 1 saturated carbocycles. The Bertz CT molecular complexity index is 188. The fourth-order valence-electron chi connectivity index (χ4n) is 3.18. The minimum atomic E-state index is 0.739. The SMILES string of the molecule is CCCNCC(CCC)N(C)CC1CCCCC1. The summed E-state index contributed by atoms with van der Waals surface area (Å²) < 4.78 is 0. The van der Waals surface area contributed by atoms with Crippen molar-refractivity contribution in [1.82, 2.24) is 10.2 Å². The summed E-state index contributed by atoms with van der Waals surface area (Å²) in [4.78, 5) is 2.63. The smallest absolute Gasteiger partial charge is 0.0217 e. The predicted octanol–water partition coefficient (Wildman–Crippen LogP) is 3.67. The van der Waals surface area contributed by atoms with Gasteiger partial charge < -0.3 is 10.2 Å². The van der Waals surface area contributed by atoms with Crippen molar-refractivity contribution in [3.63, 3.8) is 0 Å². The molecule has 0 aromatic heterocycles. The van der Waals surface area contributed by atoms with Crippen LogP contribution in [0.2, 0.25) is 0 Å². The number of nitrogens with one attached hydrogen (secondary N) is 1. The molecule has 1 N–H and O–H groups in total. The lowest BCUT2D eigenvalue weighted by Crippen LogP contribution is -2.42. The maximum absolute atomic E-state index is 3.60. The van der Waals surface area contributed by atoms with E-state index in [2.05, 4.69) is 31.1 Å². The summed E-state index contributed by atoms with van der Waals surface area (Å²) >= 11 is 0. The maximum Gasteiger partial charge on any atom is 0.0217 e. The summed E-state index contributed by atoms with van der Waals surface area (Å²) in [6.45, 7) is 8.20. The van der Waals surface area contributed by atoms with Gasteiger partial charge in [0.05, 0.1) is 0 Å². The molecule has 2 nitrogen and oxygen atoms in total. The lowest BCUT2D eigenvalue weighted by Gasteiger charge is -2.33. The number of hydrogen-bond acceptors (Lipinski definition) is 2. The second kappa shape index (κ2) is 9.80. The van der Waals surface area contributed by atoms with Crippen molar-refractivity contribution >= 4 is 0 Å². The molecule has 108 valence electrons. The van der Waals surface area contributed by atoms with Gasteiger partial charge in [-0.05, 0) is 45.2 Å². The zero-order chi connectivity index (χ0) is 13.2. The van der Waals surface area contributed by atoms with Crippen LogP contribution in [0.15, 0.2) is 0 Å². The Morgan fingerprint density at radius 1 is 1.11 bits per heavy atom. The molecule has 0 aromatic carbocycles. The minimum absolute atomic E-state index is 0.739. The van der Waals surface area contributed by atoms with Gasteiger partial charge in [-0.2, -0.15) is 0 Å². The van der Waals surface area contributed by atoms with E-state index < -0.39 is 0 Å². The maximum atomic E-state index is 3.60. The van der Waals surface area contributed by atoms with Crippen LogP contribution in [-0.4, -0.2) is 37.6 Å². The summed E-state index contributed by atoms with van der Waals surface area (Å²) in [6.07, 6.45) is 11.2. The van der Waals surface area contributed by atoms with Crippen molar-refractivity contribution in [2.45, 2.75) is 71.3 Å². The Labute approximate surface area is 115 Å². The molecular formula is C16H34N2. The minimum Gasteiger partial charge on any atom is -0.315 e. The number of nitrogens with zero attached hydrogens (tertiary/aromatic N) is 1. The van der Waals surface area contributed by atoms with Crippen LogP contribution >= 0.6 is 0 Å². The lowest BCUT2D eigenvalue weighted by molar-refractivity contribution is 0.171. The first-order valence-corrected chi connectivity index (χ1v) is 8.18. The molecular weight excluding hydrogens is 220 g/mol. The van der Waals surface area contributed by atoms with Gasteiger partial charge in [0.2, 0.25) is 0 Å². The molecule has 1 atom stereocenters. The number of hydrogen-bond donors (Lipinski definition) is 1. The molecule has 1 fully saturated rings. The van der Waals surface area contributed by atoms with E-state index in [1.807, 2.05) is 0 Å². The van der Waals surface area contributed by atoms with E-state index in [4.69, 9.17) is 0 Å². The van der Waals surface area contributed by atoms with E-state index >= 15 is 0 Å². The highest BCUT2D eigenvalue weighted by Gasteiger charge is 2.19. The Hall–Kier alpha value is -0.0800. The van der Waals surface area contributed by atoms with Crippen molar-refractivity contribution in [1.29, 1.82) is 0 Å². The average Bonchev–Trinajstić information content (AvgIpc) is 2.39. The third-order valence-corrected chi connectivity index (χ3v) is 4.32. The molecule has 0 heterocycles. The second-order valence-electron chi connectivity index (χ2n) is 6.09. The van der Waals surface area contributed by atoms with Crippen molar-refractivity contribution in [2.75, 3.05) is 26.7 Å². The van der Waals surface area contributed by atoms with Gasteiger partial charge in [-0.15, -0.1) is 0 Å². The van der Waals surface area contributed by atoms with Gasteiger partial charge in [0.15, 0.2) is 0 Å². The number of likely N-dealkylation sites (N-methyl/N-ethyl adjacent to an activating group) is 1. The normalized spacial score (nSPS) is 19.3. The molecule has 0 bridgehead atoms. The molecule has 1 aliphatic rings. The van der Waals surface area contributed by atoms with Crippen molar-refractivity contribution in [2.24, 2.45) is 5.92 Å². The van der Waals surface area contributed by atoms with Crippen LogP contribution in [0.1, 0.15) is 65.2 Å². The molecule has 0 aliphatic heterocycles. The van der Waals surface area contributed by atoms with Crippen LogP contribution < -0.4 is 5.32 Å². The molecule has 0 radical (unpaired) electrons. The lowest BCUT2D eigenvalue weighted by atomic mass is 9.88. The van der Waals surface area contributed by atoms with E-state index in [1.54, 1.807) is 0 Å². The van der Waals surface area contributed by atoms with Crippen molar-refractivity contribution < 1.29 is 0 Å². The van der Waals surface area contributed by atoms with Crippen LogP contribution in [0, 0.1) is 5.92 Å². The first-order valence-electron chi connectivity index (χ1n) is 8.18. The highest BCUT2D eigenvalue weighted by molar-refractivity contribution is 4.75. The molecule has 1 rings (SSSR count). The molecule has 1 aliphatic carbocycles. The van der Waals surface area contributed by atoms with Crippen LogP contribution in [0.4, 0.5) is 0 Å². The monoisotopic (exact) mass is 254 g/mol. The highest BCUT2D eigenvalue weighted by atomic mass is 15.1. The molecule has 0 aromatic rings. The molecule has 1 unspecified atom stereocenters. The fourth-order valence-corrected chi connectivity index (χ4v) is 3.18. The summed E-state index contributed by atoms with van der Waals surface area (Å²) in [5.74, 6) is 0.967. The summed E-state index contributed by atoms with van der Waals surface area (Å²) in [5, 5.41) is 3.60.